The van der Waals surface area contributed by atoms with Crippen molar-refractivity contribution in [2.45, 2.75) is 45.6 Å². The smallest absolute Gasteiger partial charge is 0.322 e. The van der Waals surface area contributed by atoms with Crippen LogP contribution in [0.25, 0.3) is 0 Å². The number of rotatable bonds is 9. The second-order valence-corrected chi connectivity index (χ2v) is 4.27. The molecule has 4 nitrogen and oxygen atoms in total. The number of nitrogens with two attached hydrogens (primary N) is 1. The minimum Gasteiger partial charge on any atom is -0.464 e. The molecule has 0 aliphatic carbocycles. The highest BCUT2D eigenvalue weighted by molar-refractivity contribution is 5.75. The van der Waals surface area contributed by atoms with E-state index in [1.807, 2.05) is 0 Å². The van der Waals surface area contributed by atoms with Crippen LogP contribution >= 0.6 is 0 Å². The number of esters is 1. The molecule has 0 heterocycles. The van der Waals surface area contributed by atoms with E-state index in [0.717, 1.165) is 19.3 Å². The summed E-state index contributed by atoms with van der Waals surface area (Å²) in [4.78, 5) is 11.5. The molecule has 96 valence electrons. The molecule has 0 saturated carbocycles. The summed E-state index contributed by atoms with van der Waals surface area (Å²) in [6, 6.07) is -0.510. The highest BCUT2D eigenvalue weighted by Crippen LogP contribution is 2.06. The van der Waals surface area contributed by atoms with Crippen LogP contribution in [0.1, 0.15) is 39.5 Å². The van der Waals surface area contributed by atoms with Crippen LogP contribution in [0.15, 0.2) is 0 Å². The highest BCUT2D eigenvalue weighted by atomic mass is 16.5. The summed E-state index contributed by atoms with van der Waals surface area (Å²) in [5, 5.41) is 0. The van der Waals surface area contributed by atoms with Gasteiger partial charge in [0.15, 0.2) is 0 Å². The number of hydrogen-bond donors (Lipinski definition) is 1. The summed E-state index contributed by atoms with van der Waals surface area (Å²) in [5.41, 5.74) is 5.69. The normalized spacial score (nSPS) is 14.5. The molecule has 0 fully saturated rings. The van der Waals surface area contributed by atoms with Crippen molar-refractivity contribution in [3.63, 3.8) is 0 Å². The van der Waals surface area contributed by atoms with Gasteiger partial charge in [-0.2, -0.15) is 0 Å². The van der Waals surface area contributed by atoms with Crippen molar-refractivity contribution in [3.8, 4) is 0 Å². The lowest BCUT2D eigenvalue weighted by Gasteiger charge is -2.14. The summed E-state index contributed by atoms with van der Waals surface area (Å²) >= 11 is 0. The van der Waals surface area contributed by atoms with E-state index in [9.17, 15) is 4.79 Å². The minimum atomic E-state index is -0.510. The molecule has 2 N–H and O–H groups in total. The zero-order valence-corrected chi connectivity index (χ0v) is 10.7. The summed E-state index contributed by atoms with van der Waals surface area (Å²) < 4.78 is 10.0. The van der Waals surface area contributed by atoms with Gasteiger partial charge in [0.2, 0.25) is 0 Å². The Kier molecular flexibility index (Phi) is 9.24. The number of carbonyl (C=O) groups is 1. The van der Waals surface area contributed by atoms with Gasteiger partial charge in [0.1, 0.15) is 6.04 Å². The molecule has 0 aromatic carbocycles. The van der Waals surface area contributed by atoms with E-state index in [1.54, 1.807) is 7.11 Å². The Labute approximate surface area is 98.5 Å². The molecule has 0 bridgehead atoms. The van der Waals surface area contributed by atoms with Gasteiger partial charge in [0.25, 0.3) is 0 Å². The van der Waals surface area contributed by atoms with Gasteiger partial charge in [0.05, 0.1) is 6.61 Å². The predicted octanol–water partition coefficient (Wildman–Crippen LogP) is 1.72. The molecule has 2 unspecified atom stereocenters. The lowest BCUT2D eigenvalue weighted by Crippen LogP contribution is -2.33. The molecule has 16 heavy (non-hydrogen) atoms. The van der Waals surface area contributed by atoms with Crippen LogP contribution in [0.5, 0.6) is 0 Å². The maximum Gasteiger partial charge on any atom is 0.322 e. The quantitative estimate of drug-likeness (QED) is 0.485. The van der Waals surface area contributed by atoms with Gasteiger partial charge in [0, 0.05) is 13.7 Å². The van der Waals surface area contributed by atoms with Gasteiger partial charge >= 0.3 is 5.97 Å². The lowest BCUT2D eigenvalue weighted by molar-refractivity contribution is -0.146. The summed E-state index contributed by atoms with van der Waals surface area (Å²) in [6.45, 7) is 5.31. The average molecular weight is 231 g/mol. The molecule has 4 heteroatoms. The van der Waals surface area contributed by atoms with E-state index in [0.29, 0.717) is 25.6 Å². The summed E-state index contributed by atoms with van der Waals surface area (Å²) in [5.74, 6) is 0.124. The van der Waals surface area contributed by atoms with Crippen molar-refractivity contribution >= 4 is 5.97 Å². The van der Waals surface area contributed by atoms with Gasteiger partial charge in [-0.3, -0.25) is 4.79 Å². The Morgan fingerprint density at radius 3 is 2.62 bits per heavy atom. The topological polar surface area (TPSA) is 61.5 Å². The number of carbonyl (C=O) groups excluding carboxylic acids is 1. The fourth-order valence-corrected chi connectivity index (χ4v) is 1.47. The van der Waals surface area contributed by atoms with Crippen LogP contribution in [0.3, 0.4) is 0 Å². The molecule has 0 rings (SSSR count). The molecule has 0 aromatic heterocycles. The zero-order chi connectivity index (χ0) is 12.4. The molecule has 0 aliphatic rings. The second-order valence-electron chi connectivity index (χ2n) is 4.27. The first kappa shape index (κ1) is 15.4. The third-order valence-electron chi connectivity index (χ3n) is 2.46. The lowest BCUT2D eigenvalue weighted by atomic mass is 10.1. The first-order valence-corrected chi connectivity index (χ1v) is 6.03. The van der Waals surface area contributed by atoms with Gasteiger partial charge in [-0.25, -0.2) is 0 Å². The number of methoxy groups -OCH3 is 1. The van der Waals surface area contributed by atoms with Crippen molar-refractivity contribution in [1.29, 1.82) is 0 Å². The Balaban J connectivity index is 3.62. The Morgan fingerprint density at radius 1 is 1.38 bits per heavy atom. The summed E-state index contributed by atoms with van der Waals surface area (Å²) in [6.07, 6.45) is 3.59. The van der Waals surface area contributed by atoms with Crippen molar-refractivity contribution in [2.75, 3.05) is 20.3 Å². The van der Waals surface area contributed by atoms with Crippen LogP contribution in [-0.2, 0) is 14.3 Å². The standard InChI is InChI=1S/C12H25NO3/c1-4-6-10(2)9-16-12(14)11(13)7-5-8-15-3/h10-11H,4-9,13H2,1-3H3. The van der Waals surface area contributed by atoms with E-state index in [-0.39, 0.29) is 5.97 Å². The third kappa shape index (κ3) is 7.65. The first-order chi connectivity index (χ1) is 7.61. The van der Waals surface area contributed by atoms with Crippen molar-refractivity contribution in [3.05, 3.63) is 0 Å². The van der Waals surface area contributed by atoms with Gasteiger partial charge in [-0.1, -0.05) is 20.3 Å². The van der Waals surface area contributed by atoms with Crippen molar-refractivity contribution in [2.24, 2.45) is 11.7 Å². The Morgan fingerprint density at radius 2 is 2.06 bits per heavy atom. The van der Waals surface area contributed by atoms with E-state index < -0.39 is 6.04 Å². The maximum absolute atomic E-state index is 11.5. The second kappa shape index (κ2) is 9.60. The molecule has 0 radical (unpaired) electrons. The predicted molar refractivity (Wildman–Crippen MR) is 64.1 cm³/mol. The van der Waals surface area contributed by atoms with Gasteiger partial charge < -0.3 is 15.2 Å². The number of hydrogen-bond acceptors (Lipinski definition) is 4. The highest BCUT2D eigenvalue weighted by Gasteiger charge is 2.15. The van der Waals surface area contributed by atoms with E-state index in [4.69, 9.17) is 15.2 Å². The Bertz CT molecular complexity index is 185. The van der Waals surface area contributed by atoms with Crippen molar-refractivity contribution < 1.29 is 14.3 Å². The van der Waals surface area contributed by atoms with Crippen LogP contribution in [0.2, 0.25) is 0 Å². The molecular weight excluding hydrogens is 206 g/mol. The molecule has 0 aromatic rings. The van der Waals surface area contributed by atoms with Gasteiger partial charge in [-0.05, 0) is 25.2 Å². The third-order valence-corrected chi connectivity index (χ3v) is 2.46. The first-order valence-electron chi connectivity index (χ1n) is 6.03. The fraction of sp³-hybridized carbons (Fsp3) is 0.917. The Hall–Kier alpha value is -0.610. The molecule has 0 spiro atoms. The number of ether oxygens (including phenoxy) is 2. The molecule has 0 aliphatic heterocycles. The van der Waals surface area contributed by atoms with Crippen molar-refractivity contribution in [1.82, 2.24) is 0 Å². The molecule has 2 atom stereocenters. The molecule has 0 amide bonds. The average Bonchev–Trinajstić information content (AvgIpc) is 2.26. The van der Waals surface area contributed by atoms with Gasteiger partial charge in [-0.15, -0.1) is 0 Å². The van der Waals surface area contributed by atoms with Crippen LogP contribution in [0.4, 0.5) is 0 Å². The molecular formula is C12H25NO3. The van der Waals surface area contributed by atoms with E-state index >= 15 is 0 Å². The van der Waals surface area contributed by atoms with Crippen LogP contribution < -0.4 is 5.73 Å². The molecule has 0 saturated heterocycles. The summed E-state index contributed by atoms with van der Waals surface area (Å²) in [7, 11) is 1.64. The largest absolute Gasteiger partial charge is 0.464 e. The zero-order valence-electron chi connectivity index (χ0n) is 10.7. The maximum atomic E-state index is 11.5. The van der Waals surface area contributed by atoms with Crippen LogP contribution in [-0.4, -0.2) is 32.3 Å². The van der Waals surface area contributed by atoms with E-state index in [1.165, 1.54) is 0 Å². The monoisotopic (exact) mass is 231 g/mol. The van der Waals surface area contributed by atoms with E-state index in [2.05, 4.69) is 13.8 Å². The van der Waals surface area contributed by atoms with Crippen LogP contribution in [0, 0.1) is 5.92 Å². The SMILES string of the molecule is CCCC(C)COC(=O)C(N)CCCOC. The minimum absolute atomic E-state index is 0.293. The fourth-order valence-electron chi connectivity index (χ4n) is 1.47.